The van der Waals surface area contributed by atoms with Gasteiger partial charge in [-0.1, -0.05) is 6.92 Å². The topological polar surface area (TPSA) is 83.5 Å². The van der Waals surface area contributed by atoms with Crippen molar-refractivity contribution in [1.82, 2.24) is 0 Å². The van der Waals surface area contributed by atoms with Crippen LogP contribution in [0, 0.1) is 5.92 Å². The second-order valence-corrected chi connectivity index (χ2v) is 2.46. The Morgan fingerprint density at radius 3 is 2.00 bits per heavy atom. The van der Waals surface area contributed by atoms with Gasteiger partial charge in [-0.05, 0) is 6.92 Å². The van der Waals surface area contributed by atoms with Gasteiger partial charge in [-0.25, -0.2) is 0 Å². The quantitative estimate of drug-likeness (QED) is 0.498. The van der Waals surface area contributed by atoms with Crippen molar-refractivity contribution in [3.63, 3.8) is 0 Å². The van der Waals surface area contributed by atoms with Gasteiger partial charge in [-0.3, -0.25) is 4.79 Å². The van der Waals surface area contributed by atoms with E-state index in [1.54, 1.807) is 6.92 Å². The molecule has 0 heterocycles. The van der Waals surface area contributed by atoms with E-state index in [1.807, 2.05) is 0 Å². The van der Waals surface area contributed by atoms with Gasteiger partial charge in [-0.2, -0.15) is 0 Å². The van der Waals surface area contributed by atoms with E-state index in [-0.39, 0.29) is 0 Å². The maximum absolute atomic E-state index is 10.2. The summed E-state index contributed by atoms with van der Waals surface area (Å²) in [5.74, 6) is -1.48. The SMILES string of the molecule is C[C@H](O)[C@@H](C)C(N)C(=O)O. The molecule has 0 aliphatic heterocycles. The summed E-state index contributed by atoms with van der Waals surface area (Å²) in [6.45, 7) is 3.12. The third-order valence-electron chi connectivity index (χ3n) is 1.61. The fourth-order valence-corrected chi connectivity index (χ4v) is 0.525. The summed E-state index contributed by atoms with van der Waals surface area (Å²) in [5, 5.41) is 17.3. The Morgan fingerprint density at radius 2 is 1.90 bits per heavy atom. The van der Waals surface area contributed by atoms with Crippen LogP contribution in [0.4, 0.5) is 0 Å². The van der Waals surface area contributed by atoms with Gasteiger partial charge in [-0.15, -0.1) is 0 Å². The third kappa shape index (κ3) is 2.33. The fourth-order valence-electron chi connectivity index (χ4n) is 0.525. The van der Waals surface area contributed by atoms with Gasteiger partial charge < -0.3 is 15.9 Å². The highest BCUT2D eigenvalue weighted by Gasteiger charge is 2.23. The maximum Gasteiger partial charge on any atom is 0.320 e. The van der Waals surface area contributed by atoms with E-state index in [4.69, 9.17) is 15.9 Å². The number of aliphatic carboxylic acids is 1. The zero-order chi connectivity index (χ0) is 8.31. The van der Waals surface area contributed by atoms with Gasteiger partial charge in [0.15, 0.2) is 0 Å². The zero-order valence-corrected chi connectivity index (χ0v) is 6.11. The highest BCUT2D eigenvalue weighted by atomic mass is 16.4. The van der Waals surface area contributed by atoms with E-state index < -0.39 is 24.0 Å². The maximum atomic E-state index is 10.2. The summed E-state index contributed by atoms with van der Waals surface area (Å²) < 4.78 is 0. The molecular formula is C6H13NO3. The number of nitrogens with two attached hydrogens (primary N) is 1. The Bertz CT molecular complexity index is 124. The first-order chi connectivity index (χ1) is 4.46. The van der Waals surface area contributed by atoms with Gasteiger partial charge in [0.05, 0.1) is 6.10 Å². The summed E-state index contributed by atoms with van der Waals surface area (Å²) in [6, 6.07) is -0.972. The van der Waals surface area contributed by atoms with Crippen molar-refractivity contribution in [3.8, 4) is 0 Å². The first-order valence-corrected chi connectivity index (χ1v) is 3.13. The molecule has 0 saturated carbocycles. The number of carbonyl (C=O) groups is 1. The Morgan fingerprint density at radius 1 is 1.50 bits per heavy atom. The van der Waals surface area contributed by atoms with Gasteiger partial charge in [0.1, 0.15) is 6.04 Å². The lowest BCUT2D eigenvalue weighted by molar-refractivity contribution is -0.140. The van der Waals surface area contributed by atoms with Crippen molar-refractivity contribution in [1.29, 1.82) is 0 Å². The standard InChI is InChI=1S/C6H13NO3/c1-3(4(2)8)5(7)6(9)10/h3-5,8H,7H2,1-2H3,(H,9,10)/t3-,4+,5?/m1/s1. The number of hydrogen-bond acceptors (Lipinski definition) is 3. The molecule has 0 aromatic rings. The molecule has 0 fully saturated rings. The number of hydrogen-bond donors (Lipinski definition) is 3. The van der Waals surface area contributed by atoms with Crippen molar-refractivity contribution >= 4 is 5.97 Å². The van der Waals surface area contributed by atoms with Crippen LogP contribution in [0.15, 0.2) is 0 Å². The molecule has 60 valence electrons. The second kappa shape index (κ2) is 3.53. The van der Waals surface area contributed by atoms with Crippen molar-refractivity contribution in [3.05, 3.63) is 0 Å². The zero-order valence-electron chi connectivity index (χ0n) is 6.11. The van der Waals surface area contributed by atoms with Crippen LogP contribution >= 0.6 is 0 Å². The monoisotopic (exact) mass is 147 g/mol. The van der Waals surface area contributed by atoms with Crippen LogP contribution < -0.4 is 5.73 Å². The number of carboxylic acid groups (broad SMARTS) is 1. The summed E-state index contributed by atoms with van der Waals surface area (Å²) >= 11 is 0. The van der Waals surface area contributed by atoms with Crippen LogP contribution in [0.1, 0.15) is 13.8 Å². The lowest BCUT2D eigenvalue weighted by Gasteiger charge is -2.17. The molecule has 0 bridgehead atoms. The molecule has 1 unspecified atom stereocenters. The van der Waals surface area contributed by atoms with Gasteiger partial charge >= 0.3 is 5.97 Å². The van der Waals surface area contributed by atoms with E-state index in [2.05, 4.69) is 0 Å². The molecule has 0 aliphatic rings. The molecule has 10 heavy (non-hydrogen) atoms. The van der Waals surface area contributed by atoms with Crippen LogP contribution in [-0.2, 0) is 4.79 Å². The molecule has 0 spiro atoms. The van der Waals surface area contributed by atoms with Crippen LogP contribution in [0.2, 0.25) is 0 Å². The van der Waals surface area contributed by atoms with Crippen molar-refractivity contribution in [2.75, 3.05) is 0 Å². The van der Waals surface area contributed by atoms with Crippen LogP contribution in [0.5, 0.6) is 0 Å². The molecule has 0 aliphatic carbocycles. The Balaban J connectivity index is 3.94. The van der Waals surface area contributed by atoms with Gasteiger partial charge in [0, 0.05) is 5.92 Å². The highest BCUT2D eigenvalue weighted by molar-refractivity contribution is 5.73. The lowest BCUT2D eigenvalue weighted by atomic mass is 9.98. The predicted molar refractivity (Wildman–Crippen MR) is 36.5 cm³/mol. The Kier molecular flexibility index (Phi) is 3.32. The largest absolute Gasteiger partial charge is 0.480 e. The summed E-state index contributed by atoms with van der Waals surface area (Å²) in [5.41, 5.74) is 5.20. The molecule has 3 atom stereocenters. The molecule has 4 heteroatoms. The predicted octanol–water partition coefficient (Wildman–Crippen LogP) is -0.585. The van der Waals surface area contributed by atoms with Crippen LogP contribution in [-0.4, -0.2) is 28.3 Å². The molecule has 0 radical (unpaired) electrons. The molecular weight excluding hydrogens is 134 g/mol. The van der Waals surface area contributed by atoms with E-state index in [0.717, 1.165) is 0 Å². The molecule has 4 N–H and O–H groups in total. The minimum absolute atomic E-state index is 0.405. The molecule has 0 rings (SSSR count). The summed E-state index contributed by atoms with van der Waals surface area (Å²) in [4.78, 5) is 10.2. The normalized spacial score (nSPS) is 19.6. The average molecular weight is 147 g/mol. The summed E-state index contributed by atoms with van der Waals surface area (Å²) in [6.07, 6.45) is -0.675. The van der Waals surface area contributed by atoms with Gasteiger partial charge in [0.25, 0.3) is 0 Å². The van der Waals surface area contributed by atoms with E-state index in [9.17, 15) is 4.79 Å². The number of aliphatic hydroxyl groups excluding tert-OH is 1. The first kappa shape index (κ1) is 9.39. The smallest absolute Gasteiger partial charge is 0.320 e. The lowest BCUT2D eigenvalue weighted by Crippen LogP contribution is -2.41. The van der Waals surface area contributed by atoms with E-state index in [1.165, 1.54) is 6.92 Å². The van der Waals surface area contributed by atoms with Gasteiger partial charge in [0.2, 0.25) is 0 Å². The minimum atomic E-state index is -1.08. The third-order valence-corrected chi connectivity index (χ3v) is 1.61. The summed E-state index contributed by atoms with van der Waals surface area (Å²) in [7, 11) is 0. The molecule has 0 aromatic carbocycles. The number of carboxylic acids is 1. The van der Waals surface area contributed by atoms with E-state index in [0.29, 0.717) is 0 Å². The fraction of sp³-hybridized carbons (Fsp3) is 0.833. The number of aliphatic hydroxyl groups is 1. The van der Waals surface area contributed by atoms with Crippen molar-refractivity contribution in [2.45, 2.75) is 26.0 Å². The first-order valence-electron chi connectivity index (χ1n) is 3.13. The second-order valence-electron chi connectivity index (χ2n) is 2.46. The Hall–Kier alpha value is -0.610. The molecule has 0 aromatic heterocycles. The Labute approximate surface area is 59.7 Å². The van der Waals surface area contributed by atoms with Crippen LogP contribution in [0.25, 0.3) is 0 Å². The minimum Gasteiger partial charge on any atom is -0.480 e. The molecule has 4 nitrogen and oxygen atoms in total. The molecule has 0 saturated heterocycles. The highest BCUT2D eigenvalue weighted by Crippen LogP contribution is 2.05. The van der Waals surface area contributed by atoms with Crippen molar-refractivity contribution in [2.24, 2.45) is 11.7 Å². The molecule has 0 amide bonds. The number of rotatable bonds is 3. The van der Waals surface area contributed by atoms with Crippen molar-refractivity contribution < 1.29 is 15.0 Å². The average Bonchev–Trinajstić information content (AvgIpc) is 1.84. The van der Waals surface area contributed by atoms with E-state index >= 15 is 0 Å². The van der Waals surface area contributed by atoms with Crippen LogP contribution in [0.3, 0.4) is 0 Å².